The van der Waals surface area contributed by atoms with Gasteiger partial charge in [0.2, 0.25) is 11.8 Å². The van der Waals surface area contributed by atoms with Crippen LogP contribution in [0.1, 0.15) is 0 Å². The van der Waals surface area contributed by atoms with Crippen LogP contribution in [0.5, 0.6) is 17.4 Å². The minimum Gasteiger partial charge on any atom is -0.497 e. The first-order chi connectivity index (χ1) is 7.78. The van der Waals surface area contributed by atoms with E-state index in [1.54, 1.807) is 31.4 Å². The smallest absolute Gasteiger partial charge is 0.225 e. The molecule has 0 radical (unpaired) electrons. The van der Waals surface area contributed by atoms with Crippen LogP contribution < -0.4 is 9.47 Å². The van der Waals surface area contributed by atoms with E-state index in [1.807, 2.05) is 0 Å². The summed E-state index contributed by atoms with van der Waals surface area (Å²) >= 11 is 0. The lowest BCUT2D eigenvalue weighted by Gasteiger charge is -2.04. The zero-order valence-electron chi connectivity index (χ0n) is 8.55. The van der Waals surface area contributed by atoms with Crippen LogP contribution in [0.15, 0.2) is 36.7 Å². The highest BCUT2D eigenvalue weighted by molar-refractivity contribution is 5.33. The van der Waals surface area contributed by atoms with Gasteiger partial charge in [-0.25, -0.2) is 9.97 Å². The van der Waals surface area contributed by atoms with Crippen LogP contribution in [-0.2, 0) is 0 Å². The molecule has 1 heterocycles. The van der Waals surface area contributed by atoms with Crippen LogP contribution in [0.2, 0.25) is 0 Å². The molecule has 5 heteroatoms. The van der Waals surface area contributed by atoms with Gasteiger partial charge in [-0.15, -0.1) is 0 Å². The number of rotatable bonds is 3. The van der Waals surface area contributed by atoms with E-state index in [4.69, 9.17) is 9.47 Å². The van der Waals surface area contributed by atoms with Gasteiger partial charge in [0.05, 0.1) is 13.2 Å². The predicted molar refractivity (Wildman–Crippen MR) is 55.1 cm³/mol. The summed E-state index contributed by atoms with van der Waals surface area (Å²) in [4.78, 5) is 7.10. The lowest BCUT2D eigenvalue weighted by atomic mass is 10.3. The molecule has 0 aliphatic carbocycles. The largest absolute Gasteiger partial charge is 0.497 e. The van der Waals surface area contributed by atoms with E-state index >= 15 is 0 Å². The van der Waals surface area contributed by atoms with Gasteiger partial charge in [-0.05, 0) is 24.3 Å². The molecule has 0 atom stereocenters. The Balaban J connectivity index is 2.14. The van der Waals surface area contributed by atoms with Gasteiger partial charge < -0.3 is 9.47 Å². The molecular weight excluding hydrogens is 211 g/mol. The van der Waals surface area contributed by atoms with Gasteiger partial charge in [0.25, 0.3) is 0 Å². The second kappa shape index (κ2) is 4.57. The molecule has 0 saturated carbocycles. The minimum absolute atomic E-state index is 0.165. The van der Waals surface area contributed by atoms with E-state index in [0.717, 1.165) is 18.1 Å². The van der Waals surface area contributed by atoms with E-state index in [0.29, 0.717) is 5.75 Å². The molecule has 0 aliphatic rings. The molecule has 0 saturated heterocycles. The second-order valence-electron chi connectivity index (χ2n) is 2.96. The molecule has 4 nitrogen and oxygen atoms in total. The second-order valence-corrected chi connectivity index (χ2v) is 2.96. The highest BCUT2D eigenvalue weighted by Gasteiger charge is 2.01. The molecule has 0 bridgehead atoms. The fourth-order valence-electron chi connectivity index (χ4n) is 1.14. The summed E-state index contributed by atoms with van der Waals surface area (Å²) in [6.07, 6.45) is 1.11. The van der Waals surface area contributed by atoms with Gasteiger partial charge >= 0.3 is 0 Å². The lowest BCUT2D eigenvalue weighted by Crippen LogP contribution is -1.91. The number of hydrogen-bond donors (Lipinski definition) is 0. The third-order valence-corrected chi connectivity index (χ3v) is 1.89. The lowest BCUT2D eigenvalue weighted by molar-refractivity contribution is 0.411. The molecule has 0 unspecified atom stereocenters. The van der Waals surface area contributed by atoms with Crippen LogP contribution in [0, 0.1) is 5.95 Å². The summed E-state index contributed by atoms with van der Waals surface area (Å²) in [7, 11) is 1.58. The van der Waals surface area contributed by atoms with Crippen molar-refractivity contribution in [3.63, 3.8) is 0 Å². The van der Waals surface area contributed by atoms with Crippen molar-refractivity contribution in [2.75, 3.05) is 7.11 Å². The summed E-state index contributed by atoms with van der Waals surface area (Å²) < 4.78 is 23.0. The van der Waals surface area contributed by atoms with E-state index in [9.17, 15) is 4.39 Å². The Kier molecular flexibility index (Phi) is 2.95. The number of halogens is 1. The summed E-state index contributed by atoms with van der Waals surface area (Å²) in [5.41, 5.74) is 0. The maximum atomic E-state index is 12.7. The van der Waals surface area contributed by atoms with Gasteiger partial charge in [-0.2, -0.15) is 4.39 Å². The average molecular weight is 220 g/mol. The van der Waals surface area contributed by atoms with Gasteiger partial charge in [-0.3, -0.25) is 0 Å². The Morgan fingerprint density at radius 3 is 2.38 bits per heavy atom. The molecule has 1 aromatic carbocycles. The highest BCUT2D eigenvalue weighted by atomic mass is 19.1. The van der Waals surface area contributed by atoms with Crippen LogP contribution in [0.3, 0.4) is 0 Å². The van der Waals surface area contributed by atoms with Crippen molar-refractivity contribution >= 4 is 0 Å². The van der Waals surface area contributed by atoms with E-state index in [2.05, 4.69) is 9.97 Å². The van der Waals surface area contributed by atoms with Gasteiger partial charge in [0, 0.05) is 0 Å². The SMILES string of the molecule is COc1ccc(Oc2cc(F)ncn2)cc1. The third kappa shape index (κ3) is 2.44. The van der Waals surface area contributed by atoms with E-state index < -0.39 is 5.95 Å². The van der Waals surface area contributed by atoms with Crippen molar-refractivity contribution in [2.24, 2.45) is 0 Å². The highest BCUT2D eigenvalue weighted by Crippen LogP contribution is 2.21. The quantitative estimate of drug-likeness (QED) is 0.745. The number of hydrogen-bond acceptors (Lipinski definition) is 4. The summed E-state index contributed by atoms with van der Waals surface area (Å²) in [5, 5.41) is 0. The maximum Gasteiger partial charge on any atom is 0.225 e. The fourth-order valence-corrected chi connectivity index (χ4v) is 1.14. The Hall–Kier alpha value is -2.17. The number of benzene rings is 1. The average Bonchev–Trinajstić information content (AvgIpc) is 2.30. The minimum atomic E-state index is -0.626. The summed E-state index contributed by atoms with van der Waals surface area (Å²) in [6.45, 7) is 0. The first-order valence-electron chi connectivity index (χ1n) is 4.57. The number of aromatic nitrogens is 2. The van der Waals surface area contributed by atoms with Gasteiger partial charge in [-0.1, -0.05) is 0 Å². The molecule has 2 aromatic rings. The fraction of sp³-hybridized carbons (Fsp3) is 0.0909. The first-order valence-corrected chi connectivity index (χ1v) is 4.57. The van der Waals surface area contributed by atoms with E-state index in [-0.39, 0.29) is 5.88 Å². The normalized spacial score (nSPS) is 9.88. The third-order valence-electron chi connectivity index (χ3n) is 1.89. The molecule has 0 amide bonds. The first kappa shape index (κ1) is 10.4. The molecule has 0 aliphatic heterocycles. The van der Waals surface area contributed by atoms with E-state index in [1.165, 1.54) is 0 Å². The van der Waals surface area contributed by atoms with Crippen molar-refractivity contribution < 1.29 is 13.9 Å². The molecule has 2 rings (SSSR count). The van der Waals surface area contributed by atoms with Crippen LogP contribution in [0.25, 0.3) is 0 Å². The molecule has 0 fully saturated rings. The molecular formula is C11H9FN2O2. The van der Waals surface area contributed by atoms with Gasteiger partial charge in [0.1, 0.15) is 17.8 Å². The zero-order valence-corrected chi connectivity index (χ0v) is 8.55. The Labute approximate surface area is 91.7 Å². The van der Waals surface area contributed by atoms with Crippen molar-refractivity contribution in [3.05, 3.63) is 42.6 Å². The number of nitrogens with zero attached hydrogens (tertiary/aromatic N) is 2. The molecule has 0 spiro atoms. The van der Waals surface area contributed by atoms with Crippen LogP contribution >= 0.6 is 0 Å². The molecule has 0 N–H and O–H groups in total. The van der Waals surface area contributed by atoms with Crippen LogP contribution in [-0.4, -0.2) is 17.1 Å². The molecule has 1 aromatic heterocycles. The van der Waals surface area contributed by atoms with Crippen molar-refractivity contribution in [3.8, 4) is 17.4 Å². The zero-order chi connectivity index (χ0) is 11.4. The Morgan fingerprint density at radius 1 is 1.06 bits per heavy atom. The van der Waals surface area contributed by atoms with Crippen molar-refractivity contribution in [2.45, 2.75) is 0 Å². The van der Waals surface area contributed by atoms with Gasteiger partial charge in [0.15, 0.2) is 0 Å². The monoisotopic (exact) mass is 220 g/mol. The Bertz CT molecular complexity index is 474. The topological polar surface area (TPSA) is 44.2 Å². The standard InChI is InChI=1S/C11H9FN2O2/c1-15-8-2-4-9(5-3-8)16-11-6-10(12)13-7-14-11/h2-7H,1H3. The van der Waals surface area contributed by atoms with Crippen molar-refractivity contribution in [1.82, 2.24) is 9.97 Å². The summed E-state index contributed by atoms with van der Waals surface area (Å²) in [5.74, 6) is 0.816. The van der Waals surface area contributed by atoms with Crippen LogP contribution in [0.4, 0.5) is 4.39 Å². The number of methoxy groups -OCH3 is 1. The molecule has 16 heavy (non-hydrogen) atoms. The predicted octanol–water partition coefficient (Wildman–Crippen LogP) is 2.42. The van der Waals surface area contributed by atoms with Crippen molar-refractivity contribution in [1.29, 1.82) is 0 Å². The molecule has 82 valence electrons. The summed E-state index contributed by atoms with van der Waals surface area (Å²) in [6, 6.07) is 8.02. The Morgan fingerprint density at radius 2 is 1.75 bits per heavy atom. The maximum absolute atomic E-state index is 12.7. The number of ether oxygens (including phenoxy) is 2.